The fourth-order valence-corrected chi connectivity index (χ4v) is 3.69. The van der Waals surface area contributed by atoms with Crippen molar-refractivity contribution < 1.29 is 14.2 Å². The number of nitrogens with one attached hydrogen (secondary N) is 2. The Hall–Kier alpha value is -1.42. The first-order valence-corrected chi connectivity index (χ1v) is 9.66. The van der Waals surface area contributed by atoms with E-state index in [-0.39, 0.29) is 24.0 Å². The van der Waals surface area contributed by atoms with Crippen LogP contribution in [0.3, 0.4) is 0 Å². The molecule has 1 aromatic carbocycles. The number of methoxy groups -OCH3 is 3. The molecule has 8 heteroatoms. The van der Waals surface area contributed by atoms with E-state index in [1.165, 1.54) is 32.4 Å². The van der Waals surface area contributed by atoms with Gasteiger partial charge in [-0.05, 0) is 49.4 Å². The summed E-state index contributed by atoms with van der Waals surface area (Å²) in [5.74, 6) is 3.43. The number of guanidine groups is 1. The molecule has 158 valence electrons. The molecule has 2 N–H and O–H groups in total. The molecule has 1 unspecified atom stereocenters. The van der Waals surface area contributed by atoms with E-state index in [4.69, 9.17) is 14.2 Å². The second kappa shape index (κ2) is 10.9. The SMILES string of the molecule is CN=C(NCc1cc(OC)c(OC)c(OC)c1)NCC1CCN(C2CC2)C1.I. The van der Waals surface area contributed by atoms with Crippen LogP contribution in [0.2, 0.25) is 0 Å². The van der Waals surface area contributed by atoms with Crippen LogP contribution in [-0.4, -0.2) is 64.9 Å². The molecule has 1 aliphatic carbocycles. The highest BCUT2D eigenvalue weighted by atomic mass is 127. The van der Waals surface area contributed by atoms with Gasteiger partial charge in [0.15, 0.2) is 17.5 Å². The van der Waals surface area contributed by atoms with E-state index < -0.39 is 0 Å². The second-order valence-corrected chi connectivity index (χ2v) is 7.22. The number of likely N-dealkylation sites (tertiary alicyclic amines) is 1. The third-order valence-electron chi connectivity index (χ3n) is 5.35. The van der Waals surface area contributed by atoms with Crippen molar-refractivity contribution in [2.45, 2.75) is 31.8 Å². The highest BCUT2D eigenvalue weighted by Gasteiger charge is 2.34. The molecule has 0 radical (unpaired) electrons. The summed E-state index contributed by atoms with van der Waals surface area (Å²) in [6, 6.07) is 4.77. The first kappa shape index (κ1) is 22.9. The summed E-state index contributed by atoms with van der Waals surface area (Å²) >= 11 is 0. The van der Waals surface area contributed by atoms with Crippen LogP contribution in [0.15, 0.2) is 17.1 Å². The number of hydrogen-bond donors (Lipinski definition) is 2. The molecule has 0 aromatic heterocycles. The van der Waals surface area contributed by atoms with Gasteiger partial charge in [0.25, 0.3) is 0 Å². The Bertz CT molecular complexity index is 642. The lowest BCUT2D eigenvalue weighted by Gasteiger charge is -2.18. The van der Waals surface area contributed by atoms with Crippen LogP contribution in [0.5, 0.6) is 17.2 Å². The number of halogens is 1. The topological polar surface area (TPSA) is 67.4 Å². The predicted molar refractivity (Wildman–Crippen MR) is 122 cm³/mol. The van der Waals surface area contributed by atoms with Crippen molar-refractivity contribution >= 4 is 29.9 Å². The Morgan fingerprint density at radius 3 is 2.29 bits per heavy atom. The van der Waals surface area contributed by atoms with Gasteiger partial charge in [-0.2, -0.15) is 0 Å². The van der Waals surface area contributed by atoms with Crippen molar-refractivity contribution in [3.05, 3.63) is 17.7 Å². The zero-order chi connectivity index (χ0) is 19.2. The van der Waals surface area contributed by atoms with Crippen LogP contribution in [0.25, 0.3) is 0 Å². The van der Waals surface area contributed by atoms with Gasteiger partial charge in [-0.3, -0.25) is 4.99 Å². The second-order valence-electron chi connectivity index (χ2n) is 7.22. The van der Waals surface area contributed by atoms with Gasteiger partial charge in [0, 0.05) is 32.7 Å². The Kier molecular flexibility index (Phi) is 8.94. The quantitative estimate of drug-likeness (QED) is 0.322. The summed E-state index contributed by atoms with van der Waals surface area (Å²) < 4.78 is 16.2. The monoisotopic (exact) mass is 504 g/mol. The molecule has 1 atom stereocenters. The fourth-order valence-electron chi connectivity index (χ4n) is 3.69. The Morgan fingerprint density at radius 1 is 1.07 bits per heavy atom. The van der Waals surface area contributed by atoms with Gasteiger partial charge in [0.2, 0.25) is 5.75 Å². The fraction of sp³-hybridized carbons (Fsp3) is 0.650. The van der Waals surface area contributed by atoms with E-state index in [0.29, 0.717) is 29.7 Å². The van der Waals surface area contributed by atoms with Crippen LogP contribution in [0.1, 0.15) is 24.8 Å². The smallest absolute Gasteiger partial charge is 0.203 e. The third-order valence-corrected chi connectivity index (χ3v) is 5.35. The van der Waals surface area contributed by atoms with E-state index in [9.17, 15) is 0 Å². The van der Waals surface area contributed by atoms with Crippen molar-refractivity contribution in [2.75, 3.05) is 48.0 Å². The number of nitrogens with zero attached hydrogens (tertiary/aromatic N) is 2. The normalized spacial score (nSPS) is 19.7. The molecule has 0 amide bonds. The van der Waals surface area contributed by atoms with Crippen LogP contribution < -0.4 is 24.8 Å². The average molecular weight is 504 g/mol. The highest BCUT2D eigenvalue weighted by Crippen LogP contribution is 2.38. The summed E-state index contributed by atoms with van der Waals surface area (Å²) in [5, 5.41) is 6.84. The van der Waals surface area contributed by atoms with Crippen molar-refractivity contribution in [1.82, 2.24) is 15.5 Å². The van der Waals surface area contributed by atoms with Crippen molar-refractivity contribution in [3.8, 4) is 17.2 Å². The standard InChI is InChI=1S/C20H32N4O3.HI/c1-21-20(22-11-14-7-8-24(13-14)16-5-6-16)23-12-15-9-17(25-2)19(27-4)18(10-15)26-3;/h9-10,14,16H,5-8,11-13H2,1-4H3,(H2,21,22,23);1H. The van der Waals surface area contributed by atoms with E-state index in [1.807, 2.05) is 12.1 Å². The van der Waals surface area contributed by atoms with Gasteiger partial charge in [0.05, 0.1) is 21.3 Å². The number of hydrogen-bond acceptors (Lipinski definition) is 5. The average Bonchev–Trinajstić information content (AvgIpc) is 3.45. The van der Waals surface area contributed by atoms with Gasteiger partial charge in [0.1, 0.15) is 0 Å². The van der Waals surface area contributed by atoms with Crippen LogP contribution in [0.4, 0.5) is 0 Å². The zero-order valence-electron chi connectivity index (χ0n) is 17.3. The maximum atomic E-state index is 5.42. The lowest BCUT2D eigenvalue weighted by molar-refractivity contribution is 0.314. The first-order chi connectivity index (χ1) is 13.2. The highest BCUT2D eigenvalue weighted by molar-refractivity contribution is 14.0. The van der Waals surface area contributed by atoms with E-state index in [1.54, 1.807) is 28.4 Å². The molecular formula is C20H33IN4O3. The summed E-state index contributed by atoms with van der Waals surface area (Å²) in [6.45, 7) is 4.03. The van der Waals surface area contributed by atoms with Crippen molar-refractivity contribution in [1.29, 1.82) is 0 Å². The van der Waals surface area contributed by atoms with E-state index in [0.717, 1.165) is 24.1 Å². The maximum Gasteiger partial charge on any atom is 0.203 e. The number of benzene rings is 1. The van der Waals surface area contributed by atoms with Crippen molar-refractivity contribution in [2.24, 2.45) is 10.9 Å². The molecule has 1 heterocycles. The maximum absolute atomic E-state index is 5.42. The summed E-state index contributed by atoms with van der Waals surface area (Å²) in [5.41, 5.74) is 1.04. The van der Waals surface area contributed by atoms with Gasteiger partial charge >= 0.3 is 0 Å². The van der Waals surface area contributed by atoms with Gasteiger partial charge in [-0.1, -0.05) is 0 Å². The van der Waals surface area contributed by atoms with Crippen molar-refractivity contribution in [3.63, 3.8) is 0 Å². The molecule has 1 aromatic rings. The molecule has 0 bridgehead atoms. The summed E-state index contributed by atoms with van der Waals surface area (Å²) in [7, 11) is 6.66. The molecule has 1 saturated heterocycles. The Labute approximate surface area is 185 Å². The van der Waals surface area contributed by atoms with Crippen LogP contribution in [0, 0.1) is 5.92 Å². The zero-order valence-corrected chi connectivity index (χ0v) is 19.6. The molecule has 1 aliphatic heterocycles. The summed E-state index contributed by atoms with van der Waals surface area (Å²) in [6.07, 6.45) is 4.05. The number of rotatable bonds is 8. The molecule has 3 rings (SSSR count). The van der Waals surface area contributed by atoms with Gasteiger partial charge < -0.3 is 29.7 Å². The molecular weight excluding hydrogens is 471 g/mol. The van der Waals surface area contributed by atoms with Gasteiger partial charge in [-0.15, -0.1) is 24.0 Å². The van der Waals surface area contributed by atoms with Crippen LogP contribution >= 0.6 is 24.0 Å². The van der Waals surface area contributed by atoms with Gasteiger partial charge in [-0.25, -0.2) is 0 Å². The molecule has 2 fully saturated rings. The molecule has 1 saturated carbocycles. The van der Waals surface area contributed by atoms with E-state index >= 15 is 0 Å². The largest absolute Gasteiger partial charge is 0.493 e. The molecule has 0 spiro atoms. The van der Waals surface area contributed by atoms with E-state index in [2.05, 4.69) is 20.5 Å². The number of ether oxygens (including phenoxy) is 3. The molecule has 7 nitrogen and oxygen atoms in total. The summed E-state index contributed by atoms with van der Waals surface area (Å²) in [4.78, 5) is 6.98. The Balaban J connectivity index is 0.00000280. The molecule has 28 heavy (non-hydrogen) atoms. The molecule has 2 aliphatic rings. The minimum Gasteiger partial charge on any atom is -0.493 e. The minimum absolute atomic E-state index is 0. The number of aliphatic imine (C=N–C) groups is 1. The third kappa shape index (κ3) is 5.79. The first-order valence-electron chi connectivity index (χ1n) is 9.66. The van der Waals surface area contributed by atoms with Crippen LogP contribution in [-0.2, 0) is 6.54 Å². The minimum atomic E-state index is 0. The predicted octanol–water partition coefficient (Wildman–Crippen LogP) is 2.48. The lowest BCUT2D eigenvalue weighted by Crippen LogP contribution is -2.40. The lowest BCUT2D eigenvalue weighted by atomic mass is 10.1. The Morgan fingerprint density at radius 2 is 1.75 bits per heavy atom.